The summed E-state index contributed by atoms with van der Waals surface area (Å²) in [6.07, 6.45) is 1.88. The highest BCUT2D eigenvalue weighted by atomic mass is 19.1. The van der Waals surface area contributed by atoms with Gasteiger partial charge < -0.3 is 24.5 Å². The first-order valence-electron chi connectivity index (χ1n) is 17.7. The van der Waals surface area contributed by atoms with Crippen LogP contribution in [0.3, 0.4) is 0 Å². The van der Waals surface area contributed by atoms with Crippen LogP contribution < -0.4 is 5.32 Å². The maximum Gasteiger partial charge on any atom is 0.258 e. The van der Waals surface area contributed by atoms with Gasteiger partial charge in [0.25, 0.3) is 5.91 Å². The van der Waals surface area contributed by atoms with E-state index in [2.05, 4.69) is 42.8 Å². The SMILES string of the molecule is CC.CCn1c(-c2ccc(F)cc2)c(-c2ccccc2)c(C(=O)Nc2ccccc2)c1C(C)C.OCC1CC(OCc2ccccc2)CCO1. The zero-order chi connectivity index (χ0) is 35.9. The van der Waals surface area contributed by atoms with Crippen molar-refractivity contribution >= 4 is 11.6 Å². The smallest absolute Gasteiger partial charge is 0.258 e. The lowest BCUT2D eigenvalue weighted by atomic mass is 9.94. The molecule has 0 spiro atoms. The molecule has 1 saturated heterocycles. The van der Waals surface area contributed by atoms with Crippen LogP contribution in [0.1, 0.15) is 75.0 Å². The number of carbonyl (C=O) groups excluding carboxylic acids is 1. The van der Waals surface area contributed by atoms with E-state index in [1.807, 2.05) is 92.7 Å². The molecule has 1 aliphatic heterocycles. The summed E-state index contributed by atoms with van der Waals surface area (Å²) in [5.41, 5.74) is 7.22. The van der Waals surface area contributed by atoms with Crippen molar-refractivity contribution in [2.75, 3.05) is 18.5 Å². The zero-order valence-corrected chi connectivity index (χ0v) is 29.9. The predicted molar refractivity (Wildman–Crippen MR) is 202 cm³/mol. The second-order valence-electron chi connectivity index (χ2n) is 12.2. The van der Waals surface area contributed by atoms with E-state index < -0.39 is 0 Å². The van der Waals surface area contributed by atoms with Crippen molar-refractivity contribution in [2.45, 2.75) is 78.7 Å². The number of hydrogen-bond donors (Lipinski definition) is 2. The van der Waals surface area contributed by atoms with E-state index in [9.17, 15) is 9.18 Å². The normalized spacial score (nSPS) is 15.4. The molecule has 264 valence electrons. The molecule has 1 aliphatic rings. The molecular formula is C43H51FN2O4. The van der Waals surface area contributed by atoms with Crippen molar-refractivity contribution in [3.63, 3.8) is 0 Å². The molecule has 6 rings (SSSR count). The highest BCUT2D eigenvalue weighted by Crippen LogP contribution is 2.42. The van der Waals surface area contributed by atoms with Crippen LogP contribution in [-0.4, -0.2) is 41.0 Å². The van der Waals surface area contributed by atoms with Crippen LogP contribution in [0, 0.1) is 5.82 Å². The van der Waals surface area contributed by atoms with E-state index in [-0.39, 0.29) is 36.5 Å². The molecule has 0 radical (unpaired) electrons. The Morgan fingerprint density at radius 1 is 0.900 bits per heavy atom. The zero-order valence-electron chi connectivity index (χ0n) is 29.9. The van der Waals surface area contributed by atoms with Gasteiger partial charge in [-0.2, -0.15) is 0 Å². The molecule has 6 nitrogen and oxygen atoms in total. The van der Waals surface area contributed by atoms with E-state index in [0.717, 1.165) is 46.6 Å². The highest BCUT2D eigenvalue weighted by molar-refractivity contribution is 6.12. The Bertz CT molecular complexity index is 1720. The summed E-state index contributed by atoms with van der Waals surface area (Å²) in [7, 11) is 0. The number of halogens is 1. The number of hydrogen-bond acceptors (Lipinski definition) is 4. The largest absolute Gasteiger partial charge is 0.394 e. The molecule has 2 N–H and O–H groups in total. The number of aliphatic hydroxyl groups is 1. The summed E-state index contributed by atoms with van der Waals surface area (Å²) in [4.78, 5) is 13.7. The molecule has 7 heteroatoms. The Hall–Kier alpha value is -4.56. The Morgan fingerprint density at radius 2 is 1.50 bits per heavy atom. The van der Waals surface area contributed by atoms with Crippen molar-refractivity contribution in [3.05, 3.63) is 138 Å². The van der Waals surface area contributed by atoms with Crippen molar-refractivity contribution in [3.8, 4) is 22.4 Å². The monoisotopic (exact) mass is 678 g/mol. The van der Waals surface area contributed by atoms with Gasteiger partial charge in [-0.25, -0.2) is 4.39 Å². The number of aliphatic hydroxyl groups excluding tert-OH is 1. The molecule has 0 bridgehead atoms. The van der Waals surface area contributed by atoms with Crippen LogP contribution in [0.15, 0.2) is 115 Å². The Labute approximate surface area is 296 Å². The molecule has 5 aromatic rings. The summed E-state index contributed by atoms with van der Waals surface area (Å²) >= 11 is 0. The Kier molecular flexibility index (Phi) is 15.0. The van der Waals surface area contributed by atoms with Gasteiger partial charge in [0, 0.05) is 36.5 Å². The maximum atomic E-state index is 13.7. The Balaban J connectivity index is 0.000000261. The summed E-state index contributed by atoms with van der Waals surface area (Å²) < 4.78 is 27.1. The van der Waals surface area contributed by atoms with Crippen LogP contribution in [0.5, 0.6) is 0 Å². The van der Waals surface area contributed by atoms with E-state index in [4.69, 9.17) is 14.6 Å². The van der Waals surface area contributed by atoms with Gasteiger partial charge in [-0.1, -0.05) is 107 Å². The summed E-state index contributed by atoms with van der Waals surface area (Å²) in [5, 5.41) is 12.1. The standard InChI is InChI=1S/C28H27FN2O.C13H18O3.C2H6/c1-4-31-26(19(2)3)25(28(32)30-23-13-9-6-10-14-23)24(20-11-7-5-8-12-20)27(31)21-15-17-22(29)18-16-21;14-9-13-8-12(6-7-15-13)16-10-11-4-2-1-3-5-11;1-2/h5-19H,4H2,1-3H3,(H,30,32);1-5,12-14H,6-10H2;1-2H3. The van der Waals surface area contributed by atoms with Gasteiger partial charge in [0.05, 0.1) is 36.7 Å². The summed E-state index contributed by atoms with van der Waals surface area (Å²) in [5.74, 6) is -0.312. The van der Waals surface area contributed by atoms with Gasteiger partial charge in [-0.15, -0.1) is 0 Å². The fraction of sp³-hybridized carbons (Fsp3) is 0.326. The number of anilines is 1. The van der Waals surface area contributed by atoms with Crippen LogP contribution in [0.4, 0.5) is 10.1 Å². The molecule has 1 fully saturated rings. The molecular weight excluding hydrogens is 627 g/mol. The summed E-state index contributed by atoms with van der Waals surface area (Å²) in [6, 6.07) is 36.1. The average Bonchev–Trinajstić information content (AvgIpc) is 3.53. The minimum atomic E-state index is -0.282. The highest BCUT2D eigenvalue weighted by Gasteiger charge is 2.30. The van der Waals surface area contributed by atoms with E-state index >= 15 is 0 Å². The van der Waals surface area contributed by atoms with Crippen molar-refractivity contribution in [1.29, 1.82) is 0 Å². The Morgan fingerprint density at radius 3 is 2.08 bits per heavy atom. The predicted octanol–water partition coefficient (Wildman–Crippen LogP) is 10.1. The third-order valence-corrected chi connectivity index (χ3v) is 8.46. The topological polar surface area (TPSA) is 72.7 Å². The molecule has 1 aromatic heterocycles. The molecule has 4 aromatic carbocycles. The number of rotatable bonds is 10. The van der Waals surface area contributed by atoms with Gasteiger partial charge >= 0.3 is 0 Å². The van der Waals surface area contributed by atoms with Crippen molar-refractivity contribution in [2.24, 2.45) is 0 Å². The molecule has 2 atom stereocenters. The van der Waals surface area contributed by atoms with Gasteiger partial charge in [-0.3, -0.25) is 4.79 Å². The number of ether oxygens (including phenoxy) is 2. The molecule has 2 unspecified atom stereocenters. The van der Waals surface area contributed by atoms with E-state index in [1.54, 1.807) is 12.1 Å². The third kappa shape index (κ3) is 10.0. The van der Waals surface area contributed by atoms with Crippen LogP contribution >= 0.6 is 0 Å². The quantitative estimate of drug-likeness (QED) is 0.154. The number of carbonyl (C=O) groups is 1. The first kappa shape index (κ1) is 38.2. The molecule has 2 heterocycles. The van der Waals surface area contributed by atoms with Crippen LogP contribution in [0.25, 0.3) is 22.4 Å². The van der Waals surface area contributed by atoms with Crippen molar-refractivity contribution in [1.82, 2.24) is 4.57 Å². The number of benzene rings is 4. The molecule has 50 heavy (non-hydrogen) atoms. The fourth-order valence-corrected chi connectivity index (χ4v) is 6.22. The van der Waals surface area contributed by atoms with Crippen LogP contribution in [-0.2, 0) is 22.6 Å². The van der Waals surface area contributed by atoms with E-state index in [0.29, 0.717) is 25.3 Å². The minimum Gasteiger partial charge on any atom is -0.394 e. The number of nitrogens with zero attached hydrogens (tertiary/aromatic N) is 1. The fourth-order valence-electron chi connectivity index (χ4n) is 6.22. The molecule has 0 saturated carbocycles. The average molecular weight is 679 g/mol. The maximum absolute atomic E-state index is 13.7. The lowest BCUT2D eigenvalue weighted by Crippen LogP contribution is -2.32. The molecule has 0 aliphatic carbocycles. The minimum absolute atomic E-state index is 0.0467. The van der Waals surface area contributed by atoms with Crippen LogP contribution in [0.2, 0.25) is 0 Å². The number of para-hydroxylation sites is 1. The van der Waals surface area contributed by atoms with Gasteiger partial charge in [0.1, 0.15) is 5.82 Å². The van der Waals surface area contributed by atoms with E-state index in [1.165, 1.54) is 17.7 Å². The number of amides is 1. The first-order valence-corrected chi connectivity index (χ1v) is 17.7. The van der Waals surface area contributed by atoms with Gasteiger partial charge in [-0.05, 0) is 72.4 Å². The van der Waals surface area contributed by atoms with Gasteiger partial charge in [0.15, 0.2) is 0 Å². The first-order chi connectivity index (χ1) is 24.4. The van der Waals surface area contributed by atoms with Gasteiger partial charge in [0.2, 0.25) is 0 Å². The van der Waals surface area contributed by atoms with Crippen molar-refractivity contribution < 1.29 is 23.8 Å². The second kappa shape index (κ2) is 19.6. The third-order valence-electron chi connectivity index (χ3n) is 8.46. The lowest BCUT2D eigenvalue weighted by Gasteiger charge is -2.28. The number of aromatic nitrogens is 1. The lowest BCUT2D eigenvalue weighted by molar-refractivity contribution is -0.0918. The summed E-state index contributed by atoms with van der Waals surface area (Å²) in [6.45, 7) is 12.4. The second-order valence-corrected chi connectivity index (χ2v) is 12.2. The molecule has 1 amide bonds. The number of nitrogens with one attached hydrogen (secondary N) is 1.